The number of halogens is 1. The van der Waals surface area contributed by atoms with E-state index in [9.17, 15) is 9.59 Å². The number of methoxy groups -OCH3 is 1. The first-order valence-corrected chi connectivity index (χ1v) is 12.9. The van der Waals surface area contributed by atoms with Crippen molar-refractivity contribution < 1.29 is 19.1 Å². The fourth-order valence-electron chi connectivity index (χ4n) is 4.20. The number of alkyl halides is 1. The number of amides is 1. The van der Waals surface area contributed by atoms with Crippen molar-refractivity contribution in [3.63, 3.8) is 0 Å². The third-order valence-corrected chi connectivity index (χ3v) is 5.92. The fourth-order valence-corrected chi connectivity index (χ4v) is 4.20. The van der Waals surface area contributed by atoms with Crippen molar-refractivity contribution in [1.29, 1.82) is 0 Å². The molecule has 4 aromatic rings. The van der Waals surface area contributed by atoms with Gasteiger partial charge >= 0.3 is 6.09 Å². The van der Waals surface area contributed by atoms with Crippen LogP contribution in [-0.2, 0) is 11.3 Å². The first kappa shape index (κ1) is 28.4. The van der Waals surface area contributed by atoms with E-state index in [-0.39, 0.29) is 24.9 Å². The van der Waals surface area contributed by atoms with E-state index in [0.29, 0.717) is 17.7 Å². The van der Waals surface area contributed by atoms with E-state index in [1.165, 1.54) is 6.38 Å². The van der Waals surface area contributed by atoms with E-state index >= 15 is 0 Å². The number of pyridine rings is 1. The smallest absolute Gasteiger partial charge is 0.414 e. The highest BCUT2D eigenvalue weighted by atomic mass is 35.5. The van der Waals surface area contributed by atoms with E-state index < -0.39 is 6.09 Å². The van der Waals surface area contributed by atoms with Crippen molar-refractivity contribution in [3.8, 4) is 5.75 Å². The van der Waals surface area contributed by atoms with Crippen LogP contribution >= 0.6 is 11.6 Å². The summed E-state index contributed by atoms with van der Waals surface area (Å²) in [5.74, 6) is 0.921. The zero-order chi connectivity index (χ0) is 27.3. The lowest BCUT2D eigenvalue weighted by Gasteiger charge is -2.35. The molecule has 0 saturated heterocycles. The van der Waals surface area contributed by atoms with Gasteiger partial charge in [0.1, 0.15) is 12.4 Å². The molecule has 1 unspecified atom stereocenters. The maximum Gasteiger partial charge on any atom is 0.414 e. The van der Waals surface area contributed by atoms with Crippen molar-refractivity contribution in [3.05, 3.63) is 115 Å². The van der Waals surface area contributed by atoms with Gasteiger partial charge in [0.05, 0.1) is 24.4 Å². The van der Waals surface area contributed by atoms with Crippen LogP contribution in [0.3, 0.4) is 0 Å². The maximum atomic E-state index is 12.7. The number of hydrogen-bond donors (Lipinski definition) is 0. The standard InChI is InChI=1S/C20H19NO3.C10H9NO.CH3Cl/c1-2-8-16-13-19(22)17-11-6-7-12-18(17)21(16)20(23)24-14-15-9-4-3-5-10-15;1-12-10-6-7-11-9-5-3-2-4-8(9)10;1-2/h2-7,9-12,16H,1,8,13-14H2;2-7H,1H3;1H3. The number of Topliss-reactive ketones (excluding diaryl/α,β-unsaturated/α-hetero) is 1. The number of nitrogens with zero attached hydrogens (tertiary/aromatic N) is 2. The Hall–Kier alpha value is -4.16. The minimum Gasteiger partial charge on any atom is -0.496 e. The van der Waals surface area contributed by atoms with E-state index in [1.54, 1.807) is 42.5 Å². The number of para-hydroxylation sites is 2. The van der Waals surface area contributed by atoms with E-state index in [0.717, 1.165) is 22.2 Å². The number of ketones is 1. The van der Waals surface area contributed by atoms with Gasteiger partial charge in [0.2, 0.25) is 0 Å². The average Bonchev–Trinajstić information content (AvgIpc) is 2.98. The number of aromatic nitrogens is 1. The van der Waals surface area contributed by atoms with E-state index in [4.69, 9.17) is 9.47 Å². The molecule has 196 valence electrons. The largest absolute Gasteiger partial charge is 0.496 e. The summed E-state index contributed by atoms with van der Waals surface area (Å²) in [6.45, 7) is 3.93. The molecule has 0 fully saturated rings. The summed E-state index contributed by atoms with van der Waals surface area (Å²) in [4.78, 5) is 30.8. The van der Waals surface area contributed by atoms with Gasteiger partial charge in [-0.3, -0.25) is 14.7 Å². The predicted octanol–water partition coefficient (Wildman–Crippen LogP) is 7.46. The Labute approximate surface area is 228 Å². The van der Waals surface area contributed by atoms with Crippen LogP contribution in [0, 0.1) is 0 Å². The van der Waals surface area contributed by atoms with Crippen LogP contribution in [0.2, 0.25) is 0 Å². The number of carbonyl (C=O) groups is 2. The Morgan fingerprint density at radius 3 is 2.45 bits per heavy atom. The number of fused-ring (bicyclic) bond motifs is 2. The third kappa shape index (κ3) is 6.99. The number of rotatable bonds is 5. The van der Waals surface area contributed by atoms with Crippen molar-refractivity contribution in [1.82, 2.24) is 4.98 Å². The number of anilines is 1. The summed E-state index contributed by atoms with van der Waals surface area (Å²) in [6, 6.07) is 26.2. The molecule has 1 aromatic heterocycles. The van der Waals surface area contributed by atoms with Crippen LogP contribution in [0.25, 0.3) is 10.9 Å². The Balaban J connectivity index is 0.000000238. The molecule has 1 aliphatic rings. The molecule has 0 spiro atoms. The minimum atomic E-state index is -0.439. The molecular formula is C31H31ClN2O4. The SMILES string of the molecule is C=CCC1CC(=O)c2ccccc2N1C(=O)OCc1ccccc1.CCl.COc1ccnc2ccccc12. The number of benzene rings is 3. The first-order valence-electron chi connectivity index (χ1n) is 12.1. The highest BCUT2D eigenvalue weighted by Gasteiger charge is 2.35. The van der Waals surface area contributed by atoms with Crippen molar-refractivity contribution in [2.75, 3.05) is 18.4 Å². The lowest BCUT2D eigenvalue weighted by Crippen LogP contribution is -2.45. The molecule has 38 heavy (non-hydrogen) atoms. The summed E-state index contributed by atoms with van der Waals surface area (Å²) in [5, 5.41) is 1.06. The van der Waals surface area contributed by atoms with Crippen LogP contribution in [0.5, 0.6) is 5.75 Å². The van der Waals surface area contributed by atoms with Gasteiger partial charge in [0, 0.05) is 30.0 Å². The molecule has 0 aliphatic carbocycles. The second-order valence-corrected chi connectivity index (χ2v) is 8.26. The zero-order valence-corrected chi connectivity index (χ0v) is 22.3. The monoisotopic (exact) mass is 530 g/mol. The molecule has 6 nitrogen and oxygen atoms in total. The average molecular weight is 531 g/mol. The number of ether oxygens (including phenoxy) is 2. The number of carbonyl (C=O) groups excluding carboxylic acids is 2. The van der Waals surface area contributed by atoms with Crippen molar-refractivity contribution >= 4 is 40.1 Å². The van der Waals surface area contributed by atoms with Crippen molar-refractivity contribution in [2.45, 2.75) is 25.5 Å². The third-order valence-electron chi connectivity index (χ3n) is 5.92. The Bertz CT molecular complexity index is 1360. The van der Waals surface area contributed by atoms with Crippen LogP contribution in [0.4, 0.5) is 10.5 Å². The van der Waals surface area contributed by atoms with Crippen LogP contribution in [0.1, 0.15) is 28.8 Å². The van der Waals surface area contributed by atoms with Gasteiger partial charge in [-0.1, -0.05) is 60.7 Å². The molecule has 0 saturated carbocycles. The Morgan fingerprint density at radius 2 is 1.71 bits per heavy atom. The molecular weight excluding hydrogens is 500 g/mol. The quantitative estimate of drug-likeness (QED) is 0.198. The van der Waals surface area contributed by atoms with Gasteiger partial charge in [0.15, 0.2) is 5.78 Å². The summed E-state index contributed by atoms with van der Waals surface area (Å²) in [6.07, 6.45) is 5.33. The van der Waals surface area contributed by atoms with Crippen LogP contribution in [0.15, 0.2) is 104 Å². The van der Waals surface area contributed by atoms with Gasteiger partial charge in [-0.25, -0.2) is 4.79 Å². The molecule has 0 radical (unpaired) electrons. The fraction of sp³-hybridized carbons (Fsp3) is 0.194. The lowest BCUT2D eigenvalue weighted by molar-refractivity contribution is 0.0961. The second-order valence-electron chi connectivity index (χ2n) is 8.26. The molecule has 1 amide bonds. The van der Waals surface area contributed by atoms with Gasteiger partial charge in [-0.15, -0.1) is 18.2 Å². The minimum absolute atomic E-state index is 0.0459. The lowest BCUT2D eigenvalue weighted by atomic mass is 9.93. The predicted molar refractivity (Wildman–Crippen MR) is 153 cm³/mol. The van der Waals surface area contributed by atoms with E-state index in [1.807, 2.05) is 66.7 Å². The zero-order valence-electron chi connectivity index (χ0n) is 21.5. The first-order chi connectivity index (χ1) is 18.6. The molecule has 1 atom stereocenters. The molecule has 0 N–H and O–H groups in total. The van der Waals surface area contributed by atoms with Gasteiger partial charge in [-0.05, 0) is 42.3 Å². The van der Waals surface area contributed by atoms with E-state index in [2.05, 4.69) is 23.2 Å². The van der Waals surface area contributed by atoms with Gasteiger partial charge in [-0.2, -0.15) is 0 Å². The second kappa shape index (κ2) is 14.5. The summed E-state index contributed by atoms with van der Waals surface area (Å²) >= 11 is 4.64. The summed E-state index contributed by atoms with van der Waals surface area (Å²) in [7, 11) is 1.67. The van der Waals surface area contributed by atoms with Gasteiger partial charge < -0.3 is 9.47 Å². The van der Waals surface area contributed by atoms with Gasteiger partial charge in [0.25, 0.3) is 0 Å². The molecule has 0 bridgehead atoms. The summed E-state index contributed by atoms with van der Waals surface area (Å²) in [5.41, 5.74) is 3.07. The molecule has 5 rings (SSSR count). The molecule has 2 heterocycles. The van der Waals surface area contributed by atoms with Crippen LogP contribution < -0.4 is 9.64 Å². The maximum absolute atomic E-state index is 12.7. The molecule has 3 aromatic carbocycles. The highest BCUT2D eigenvalue weighted by Crippen LogP contribution is 2.32. The topological polar surface area (TPSA) is 68.7 Å². The Morgan fingerprint density at radius 1 is 1.03 bits per heavy atom. The normalized spacial score (nSPS) is 13.7. The number of hydrogen-bond acceptors (Lipinski definition) is 5. The highest BCUT2D eigenvalue weighted by molar-refractivity contribution is 6.15. The Kier molecular flexibility index (Phi) is 10.9. The molecule has 7 heteroatoms. The summed E-state index contributed by atoms with van der Waals surface area (Å²) < 4.78 is 10.7. The van der Waals surface area contributed by atoms with Crippen LogP contribution in [-0.4, -0.2) is 36.4 Å². The molecule has 1 aliphatic heterocycles. The van der Waals surface area contributed by atoms with Crippen molar-refractivity contribution in [2.24, 2.45) is 0 Å².